The van der Waals surface area contributed by atoms with Crippen LogP contribution in [0.5, 0.6) is 0 Å². The van der Waals surface area contributed by atoms with Crippen LogP contribution in [0.2, 0.25) is 0 Å². The second kappa shape index (κ2) is 4.74. The Morgan fingerprint density at radius 1 is 0.905 bits per heavy atom. The first-order valence-electron chi connectivity index (χ1n) is 6.78. The van der Waals surface area contributed by atoms with Crippen LogP contribution in [0.25, 0.3) is 0 Å². The number of likely N-dealkylation sites (N-methyl/N-ethyl adjacent to an activating group) is 1. The molecule has 1 saturated heterocycles. The lowest BCUT2D eigenvalue weighted by atomic mass is 9.82. The minimum atomic E-state index is -1.14. The van der Waals surface area contributed by atoms with Gasteiger partial charge in [0.15, 0.2) is 5.54 Å². The lowest BCUT2D eigenvalue weighted by Gasteiger charge is -2.27. The van der Waals surface area contributed by atoms with Gasteiger partial charge in [-0.05, 0) is 18.1 Å². The summed E-state index contributed by atoms with van der Waals surface area (Å²) >= 11 is 0. The average Bonchev–Trinajstić information content (AvgIpc) is 2.74. The van der Waals surface area contributed by atoms with E-state index >= 15 is 0 Å². The standard InChI is InChI=1S/C17H16N2O2/c1-12-8-10-14(11-9-12)17(13-6-4-3-5-7-13)15(20)19(2)16(21)18-17/h3-11H,1-2H3,(H,18,21)/t17-/m0/s1. The van der Waals surface area contributed by atoms with Gasteiger partial charge in [-0.2, -0.15) is 0 Å². The molecule has 1 heterocycles. The normalized spacial score (nSPS) is 21.5. The summed E-state index contributed by atoms with van der Waals surface area (Å²) in [6.07, 6.45) is 0. The van der Waals surface area contributed by atoms with Gasteiger partial charge in [0.05, 0.1) is 0 Å². The first-order valence-corrected chi connectivity index (χ1v) is 6.78. The van der Waals surface area contributed by atoms with E-state index in [2.05, 4.69) is 5.32 Å². The third-order valence-electron chi connectivity index (χ3n) is 3.92. The molecule has 21 heavy (non-hydrogen) atoms. The number of carbonyl (C=O) groups excluding carboxylic acids is 2. The zero-order valence-corrected chi connectivity index (χ0v) is 12.0. The maximum atomic E-state index is 12.8. The van der Waals surface area contributed by atoms with E-state index < -0.39 is 5.54 Å². The van der Waals surface area contributed by atoms with Gasteiger partial charge in [-0.1, -0.05) is 60.2 Å². The molecule has 4 heteroatoms. The topological polar surface area (TPSA) is 49.4 Å². The van der Waals surface area contributed by atoms with Gasteiger partial charge in [0, 0.05) is 7.05 Å². The number of aryl methyl sites for hydroxylation is 1. The van der Waals surface area contributed by atoms with E-state index in [-0.39, 0.29) is 11.9 Å². The number of amides is 3. The zero-order valence-electron chi connectivity index (χ0n) is 12.0. The van der Waals surface area contributed by atoms with Crippen LogP contribution in [0.1, 0.15) is 16.7 Å². The third kappa shape index (κ3) is 1.91. The summed E-state index contributed by atoms with van der Waals surface area (Å²) in [7, 11) is 1.50. The Labute approximate surface area is 123 Å². The van der Waals surface area contributed by atoms with Gasteiger partial charge in [0.2, 0.25) is 0 Å². The molecule has 3 amide bonds. The second-order valence-corrected chi connectivity index (χ2v) is 5.28. The molecule has 106 valence electrons. The molecule has 1 aliphatic heterocycles. The van der Waals surface area contributed by atoms with Gasteiger partial charge in [-0.3, -0.25) is 9.69 Å². The van der Waals surface area contributed by atoms with Gasteiger partial charge in [-0.15, -0.1) is 0 Å². The summed E-state index contributed by atoms with van der Waals surface area (Å²) in [5.74, 6) is -0.262. The first-order chi connectivity index (χ1) is 10.1. The van der Waals surface area contributed by atoms with Crippen molar-refractivity contribution in [3.8, 4) is 0 Å². The SMILES string of the molecule is Cc1ccc([C@]2(c3ccccc3)NC(=O)N(C)C2=O)cc1. The smallest absolute Gasteiger partial charge is 0.316 e. The highest BCUT2D eigenvalue weighted by atomic mass is 16.2. The fourth-order valence-corrected chi connectivity index (χ4v) is 2.69. The minimum absolute atomic E-state index is 0.262. The van der Waals surface area contributed by atoms with E-state index in [9.17, 15) is 9.59 Å². The Morgan fingerprint density at radius 3 is 2.00 bits per heavy atom. The van der Waals surface area contributed by atoms with Crippen molar-refractivity contribution in [3.63, 3.8) is 0 Å². The van der Waals surface area contributed by atoms with Crippen molar-refractivity contribution < 1.29 is 9.59 Å². The van der Waals surface area contributed by atoms with E-state index in [1.165, 1.54) is 7.05 Å². The molecule has 0 bridgehead atoms. The Morgan fingerprint density at radius 2 is 1.48 bits per heavy atom. The molecule has 0 radical (unpaired) electrons. The zero-order chi connectivity index (χ0) is 15.0. The largest absolute Gasteiger partial charge is 0.325 e. The molecule has 1 fully saturated rings. The number of imide groups is 1. The van der Waals surface area contributed by atoms with Crippen molar-refractivity contribution in [1.82, 2.24) is 10.2 Å². The minimum Gasteiger partial charge on any atom is -0.316 e. The molecule has 0 saturated carbocycles. The molecule has 0 spiro atoms. The number of hydrogen-bond acceptors (Lipinski definition) is 2. The highest BCUT2D eigenvalue weighted by Crippen LogP contribution is 2.35. The van der Waals surface area contributed by atoms with Crippen LogP contribution in [0.4, 0.5) is 4.79 Å². The number of hydrogen-bond donors (Lipinski definition) is 1. The lowest BCUT2D eigenvalue weighted by Crippen LogP contribution is -2.44. The van der Waals surface area contributed by atoms with Crippen LogP contribution >= 0.6 is 0 Å². The fraction of sp³-hybridized carbons (Fsp3) is 0.176. The highest BCUT2D eigenvalue weighted by molar-refractivity contribution is 6.09. The van der Waals surface area contributed by atoms with Crippen molar-refractivity contribution in [2.24, 2.45) is 0 Å². The molecule has 2 aromatic carbocycles. The molecule has 0 aromatic heterocycles. The van der Waals surface area contributed by atoms with Gasteiger partial charge >= 0.3 is 6.03 Å². The van der Waals surface area contributed by atoms with Crippen LogP contribution in [0.15, 0.2) is 54.6 Å². The maximum absolute atomic E-state index is 12.8. The van der Waals surface area contributed by atoms with Crippen LogP contribution < -0.4 is 5.32 Å². The number of nitrogens with zero attached hydrogens (tertiary/aromatic N) is 1. The predicted molar refractivity (Wildman–Crippen MR) is 79.7 cm³/mol. The Kier molecular flexibility index (Phi) is 3.01. The summed E-state index contributed by atoms with van der Waals surface area (Å²) in [4.78, 5) is 25.9. The summed E-state index contributed by atoms with van der Waals surface area (Å²) < 4.78 is 0. The molecule has 2 aromatic rings. The van der Waals surface area contributed by atoms with Gasteiger partial charge < -0.3 is 5.32 Å². The number of benzene rings is 2. The molecule has 1 N–H and O–H groups in total. The molecular formula is C17H16N2O2. The molecule has 0 unspecified atom stereocenters. The number of nitrogens with one attached hydrogen (secondary N) is 1. The number of urea groups is 1. The summed E-state index contributed by atoms with van der Waals surface area (Å²) in [6.45, 7) is 1.99. The summed E-state index contributed by atoms with van der Waals surface area (Å²) in [5.41, 5.74) is 1.49. The van der Waals surface area contributed by atoms with E-state index in [1.807, 2.05) is 61.5 Å². The maximum Gasteiger partial charge on any atom is 0.325 e. The third-order valence-corrected chi connectivity index (χ3v) is 3.92. The highest BCUT2D eigenvalue weighted by Gasteiger charge is 2.52. The summed E-state index contributed by atoms with van der Waals surface area (Å²) in [6, 6.07) is 16.6. The Balaban J connectivity index is 2.24. The van der Waals surface area contributed by atoms with Crippen LogP contribution in [-0.2, 0) is 10.3 Å². The van der Waals surface area contributed by atoms with Crippen molar-refractivity contribution >= 4 is 11.9 Å². The second-order valence-electron chi connectivity index (χ2n) is 5.28. The van der Waals surface area contributed by atoms with E-state index in [0.717, 1.165) is 21.6 Å². The van der Waals surface area contributed by atoms with E-state index in [0.29, 0.717) is 0 Å². The Hall–Kier alpha value is -2.62. The molecular weight excluding hydrogens is 264 g/mol. The lowest BCUT2D eigenvalue weighted by molar-refractivity contribution is -0.129. The monoisotopic (exact) mass is 280 g/mol. The van der Waals surface area contributed by atoms with Crippen molar-refractivity contribution in [1.29, 1.82) is 0 Å². The summed E-state index contributed by atoms with van der Waals surface area (Å²) in [5, 5.41) is 2.86. The van der Waals surface area contributed by atoms with Crippen molar-refractivity contribution in [2.45, 2.75) is 12.5 Å². The van der Waals surface area contributed by atoms with Gasteiger partial charge in [0.25, 0.3) is 5.91 Å². The molecule has 1 aliphatic rings. The van der Waals surface area contributed by atoms with Gasteiger partial charge in [0.1, 0.15) is 0 Å². The first kappa shape index (κ1) is 13.4. The van der Waals surface area contributed by atoms with Crippen LogP contribution in [-0.4, -0.2) is 23.9 Å². The average molecular weight is 280 g/mol. The fourth-order valence-electron chi connectivity index (χ4n) is 2.69. The Bertz CT molecular complexity index is 694. The number of rotatable bonds is 2. The van der Waals surface area contributed by atoms with E-state index in [1.54, 1.807) is 0 Å². The van der Waals surface area contributed by atoms with Crippen LogP contribution in [0, 0.1) is 6.92 Å². The van der Waals surface area contributed by atoms with Gasteiger partial charge in [-0.25, -0.2) is 4.79 Å². The number of carbonyl (C=O) groups is 2. The van der Waals surface area contributed by atoms with Crippen molar-refractivity contribution in [3.05, 3.63) is 71.3 Å². The van der Waals surface area contributed by atoms with Crippen molar-refractivity contribution in [2.75, 3.05) is 7.05 Å². The molecule has 3 rings (SSSR count). The quantitative estimate of drug-likeness (QED) is 0.859. The molecule has 4 nitrogen and oxygen atoms in total. The van der Waals surface area contributed by atoms with Crippen LogP contribution in [0.3, 0.4) is 0 Å². The predicted octanol–water partition coefficient (Wildman–Crippen LogP) is 2.42. The molecule has 0 aliphatic carbocycles. The van der Waals surface area contributed by atoms with E-state index in [4.69, 9.17) is 0 Å². The molecule has 1 atom stereocenters.